The van der Waals surface area contributed by atoms with Crippen molar-refractivity contribution in [2.24, 2.45) is 26.2 Å². The second-order valence-electron chi connectivity index (χ2n) is 2.10. The van der Waals surface area contributed by atoms with Gasteiger partial charge in [0, 0.05) is 11.6 Å². The lowest BCUT2D eigenvalue weighted by molar-refractivity contribution is 1.14. The summed E-state index contributed by atoms with van der Waals surface area (Å²) in [5, 5.41) is 14.7. The minimum absolute atomic E-state index is 0.418. The summed E-state index contributed by atoms with van der Waals surface area (Å²) < 4.78 is 0. The summed E-state index contributed by atoms with van der Waals surface area (Å²) in [5.41, 5.74) is 6.93. The van der Waals surface area contributed by atoms with Gasteiger partial charge < -0.3 is 5.73 Å². The molecule has 0 atom stereocenters. The summed E-state index contributed by atoms with van der Waals surface area (Å²) in [6.07, 6.45) is 4.91. The molecule has 0 saturated carbocycles. The lowest BCUT2D eigenvalue weighted by atomic mass is 10.2. The van der Waals surface area contributed by atoms with Gasteiger partial charge in [0.15, 0.2) is 0 Å². The topological polar surface area (TPSA) is 75.5 Å². The Morgan fingerprint density at radius 2 is 1.82 bits per heavy atom. The van der Waals surface area contributed by atoms with Crippen molar-refractivity contribution < 1.29 is 0 Å². The molecule has 0 aliphatic carbocycles. The monoisotopic (exact) mass is 147 g/mol. The molecule has 0 saturated heterocycles. The molecule has 0 spiro atoms. The maximum Gasteiger partial charge on any atom is 0.148 e. The second kappa shape index (κ2) is 2.12. The minimum atomic E-state index is 0.418. The molecule has 0 aromatic heterocycles. The van der Waals surface area contributed by atoms with E-state index in [1.165, 1.54) is 0 Å². The van der Waals surface area contributed by atoms with Crippen LogP contribution in [0.1, 0.15) is 0 Å². The molecule has 0 aromatic carbocycles. The Labute approximate surface area is 62.7 Å². The van der Waals surface area contributed by atoms with Crippen LogP contribution < -0.4 is 5.73 Å². The average Bonchev–Trinajstić information content (AvgIpc) is 2.55. The quantitative estimate of drug-likeness (QED) is 0.534. The number of allylic oxidation sites excluding steroid dienone is 2. The average molecular weight is 147 g/mol. The molecule has 2 rings (SSSR count). The van der Waals surface area contributed by atoms with Crippen molar-refractivity contribution in [1.29, 1.82) is 0 Å². The van der Waals surface area contributed by atoms with Crippen LogP contribution in [0, 0.1) is 0 Å². The van der Waals surface area contributed by atoms with Gasteiger partial charge in [0.1, 0.15) is 5.82 Å². The molecule has 5 heteroatoms. The third-order valence-corrected chi connectivity index (χ3v) is 1.31. The van der Waals surface area contributed by atoms with Crippen LogP contribution in [0.25, 0.3) is 0 Å². The highest BCUT2D eigenvalue weighted by Gasteiger charge is 2.07. The first kappa shape index (κ1) is 5.96. The molecule has 0 amide bonds. The first-order valence-electron chi connectivity index (χ1n) is 3.06. The predicted molar refractivity (Wildman–Crippen MR) is 41.1 cm³/mol. The van der Waals surface area contributed by atoms with Gasteiger partial charge in [-0.1, -0.05) is 0 Å². The predicted octanol–water partition coefficient (Wildman–Crippen LogP) is 0.577. The van der Waals surface area contributed by atoms with E-state index in [2.05, 4.69) is 20.4 Å². The summed E-state index contributed by atoms with van der Waals surface area (Å²) in [6.45, 7) is 0. The van der Waals surface area contributed by atoms with Crippen molar-refractivity contribution in [3.63, 3.8) is 0 Å². The van der Waals surface area contributed by atoms with Crippen LogP contribution in [0.15, 0.2) is 43.6 Å². The molecule has 2 heterocycles. The minimum Gasteiger partial charge on any atom is -0.382 e. The van der Waals surface area contributed by atoms with E-state index in [4.69, 9.17) is 5.73 Å². The van der Waals surface area contributed by atoms with Gasteiger partial charge in [-0.3, -0.25) is 0 Å². The summed E-state index contributed by atoms with van der Waals surface area (Å²) in [4.78, 5) is 0. The Kier molecular flexibility index (Phi) is 1.15. The van der Waals surface area contributed by atoms with Gasteiger partial charge in [0.05, 0.1) is 18.1 Å². The van der Waals surface area contributed by atoms with Crippen molar-refractivity contribution in [2.75, 3.05) is 0 Å². The number of nitrogens with two attached hydrogens (primary N) is 1. The fourth-order valence-corrected chi connectivity index (χ4v) is 0.807. The van der Waals surface area contributed by atoms with Crippen molar-refractivity contribution >= 4 is 12.4 Å². The molecule has 0 bridgehead atoms. The van der Waals surface area contributed by atoms with Crippen LogP contribution in [-0.4, -0.2) is 12.4 Å². The van der Waals surface area contributed by atoms with Gasteiger partial charge in [-0.15, -0.1) is 10.2 Å². The highest BCUT2D eigenvalue weighted by Crippen LogP contribution is 2.15. The molecule has 0 radical (unpaired) electrons. The van der Waals surface area contributed by atoms with E-state index in [1.807, 2.05) is 0 Å². The van der Waals surface area contributed by atoms with Crippen LogP contribution >= 0.6 is 0 Å². The first-order chi connectivity index (χ1) is 5.36. The number of hydrogen-bond donors (Lipinski definition) is 1. The maximum atomic E-state index is 5.37. The Balaban J connectivity index is 2.44. The summed E-state index contributed by atoms with van der Waals surface area (Å²) >= 11 is 0. The number of hydrogen-bond acceptors (Lipinski definition) is 5. The fourth-order valence-electron chi connectivity index (χ4n) is 0.807. The lowest BCUT2D eigenvalue weighted by Crippen LogP contribution is -1.89. The molecule has 5 nitrogen and oxygen atoms in total. The Morgan fingerprint density at radius 3 is 2.36 bits per heavy atom. The smallest absolute Gasteiger partial charge is 0.148 e. The zero-order valence-corrected chi connectivity index (χ0v) is 5.60. The van der Waals surface area contributed by atoms with Gasteiger partial charge in [-0.05, 0) is 0 Å². The highest BCUT2D eigenvalue weighted by atomic mass is 15.2. The van der Waals surface area contributed by atoms with Crippen LogP contribution in [0.2, 0.25) is 0 Å². The van der Waals surface area contributed by atoms with Crippen molar-refractivity contribution in [1.82, 2.24) is 0 Å². The van der Waals surface area contributed by atoms with E-state index in [0.29, 0.717) is 11.5 Å². The molecule has 2 aliphatic heterocycles. The number of azo groups is 1. The molecule has 0 aromatic rings. The maximum absolute atomic E-state index is 5.37. The van der Waals surface area contributed by atoms with Crippen LogP contribution in [0.3, 0.4) is 0 Å². The van der Waals surface area contributed by atoms with E-state index >= 15 is 0 Å². The molecule has 0 unspecified atom stereocenters. The van der Waals surface area contributed by atoms with Crippen LogP contribution in [-0.2, 0) is 0 Å². The second-order valence-corrected chi connectivity index (χ2v) is 2.10. The van der Waals surface area contributed by atoms with E-state index in [9.17, 15) is 0 Å². The molecule has 11 heavy (non-hydrogen) atoms. The largest absolute Gasteiger partial charge is 0.382 e. The molecule has 54 valence electrons. The summed E-state index contributed by atoms with van der Waals surface area (Å²) in [7, 11) is 0. The zero-order valence-electron chi connectivity index (χ0n) is 5.60. The molecule has 2 aliphatic rings. The van der Waals surface area contributed by atoms with E-state index in [-0.39, 0.29) is 0 Å². The van der Waals surface area contributed by atoms with Gasteiger partial charge in [0.25, 0.3) is 0 Å². The van der Waals surface area contributed by atoms with Gasteiger partial charge in [0.2, 0.25) is 0 Å². The number of nitrogens with zero attached hydrogens (tertiary/aromatic N) is 4. The number of rotatable bonds is 0. The normalized spacial score (nSPS) is 20.2. The summed E-state index contributed by atoms with van der Waals surface area (Å²) in [5.74, 6) is 0.418. The molecular weight excluding hydrogens is 142 g/mol. The van der Waals surface area contributed by atoms with Crippen molar-refractivity contribution in [2.45, 2.75) is 0 Å². The highest BCUT2D eigenvalue weighted by molar-refractivity contribution is 6.07. The standard InChI is InChI=1S/C6H5N5/c7-6-1-5(10-11-6)4-2-8-9-3-4/h1-3H,7H2. The van der Waals surface area contributed by atoms with Gasteiger partial charge in [-0.25, -0.2) is 0 Å². The third-order valence-electron chi connectivity index (χ3n) is 1.31. The van der Waals surface area contributed by atoms with E-state index in [1.54, 1.807) is 18.5 Å². The first-order valence-corrected chi connectivity index (χ1v) is 3.06. The lowest BCUT2D eigenvalue weighted by Gasteiger charge is -1.85. The van der Waals surface area contributed by atoms with E-state index in [0.717, 1.165) is 5.57 Å². The van der Waals surface area contributed by atoms with Crippen LogP contribution in [0.4, 0.5) is 0 Å². The Morgan fingerprint density at radius 1 is 1.09 bits per heavy atom. The zero-order chi connectivity index (χ0) is 7.68. The molecule has 0 fully saturated rings. The van der Waals surface area contributed by atoms with Gasteiger partial charge >= 0.3 is 0 Å². The Hall–Kier alpha value is -1.78. The fraction of sp³-hybridized carbons (Fsp3) is 0. The van der Waals surface area contributed by atoms with Crippen molar-refractivity contribution in [3.05, 3.63) is 23.2 Å². The van der Waals surface area contributed by atoms with E-state index < -0.39 is 0 Å². The van der Waals surface area contributed by atoms with Crippen LogP contribution in [0.5, 0.6) is 0 Å². The SMILES string of the molecule is NC1=CC(=C2C=NN=C2)N=N1. The molecule has 2 N–H and O–H groups in total. The molecular formula is C6H5N5. The van der Waals surface area contributed by atoms with Gasteiger partial charge in [-0.2, -0.15) is 10.2 Å². The third kappa shape index (κ3) is 0.958. The Bertz CT molecular complexity index is 317. The summed E-state index contributed by atoms with van der Waals surface area (Å²) in [6, 6.07) is 0. The van der Waals surface area contributed by atoms with Crippen molar-refractivity contribution in [3.8, 4) is 0 Å².